The molecule has 3 nitrogen and oxygen atoms in total. The standard InChI is InChI=1S/C17H19ClN2O/c1-10(2)13-6-4-5-11(3)16(13)20-17(21)14-8-7-12(18)9-15(14)19/h4-10H,19H2,1-3H3,(H,20,21). The molecule has 1 amide bonds. The second-order valence-electron chi connectivity index (χ2n) is 5.38. The Hall–Kier alpha value is -2.00. The molecule has 0 aliphatic carbocycles. The molecule has 0 aliphatic rings. The van der Waals surface area contributed by atoms with Gasteiger partial charge in [-0.2, -0.15) is 0 Å². The van der Waals surface area contributed by atoms with Gasteiger partial charge in [-0.25, -0.2) is 0 Å². The Morgan fingerprint density at radius 2 is 1.95 bits per heavy atom. The van der Waals surface area contributed by atoms with Gasteiger partial charge in [-0.15, -0.1) is 0 Å². The number of para-hydroxylation sites is 1. The number of aryl methyl sites for hydroxylation is 1. The van der Waals surface area contributed by atoms with Gasteiger partial charge in [0.15, 0.2) is 0 Å². The van der Waals surface area contributed by atoms with E-state index < -0.39 is 0 Å². The molecule has 0 unspecified atom stereocenters. The zero-order valence-electron chi connectivity index (χ0n) is 12.4. The molecule has 0 spiro atoms. The van der Waals surface area contributed by atoms with E-state index in [0.717, 1.165) is 16.8 Å². The van der Waals surface area contributed by atoms with Crippen molar-refractivity contribution in [2.75, 3.05) is 11.1 Å². The van der Waals surface area contributed by atoms with Gasteiger partial charge in [0.05, 0.1) is 5.56 Å². The molecule has 0 fully saturated rings. The summed E-state index contributed by atoms with van der Waals surface area (Å²) in [6, 6.07) is 10.9. The fourth-order valence-corrected chi connectivity index (χ4v) is 2.44. The Morgan fingerprint density at radius 3 is 2.57 bits per heavy atom. The lowest BCUT2D eigenvalue weighted by molar-refractivity contribution is 0.102. The van der Waals surface area contributed by atoms with Crippen LogP contribution in [0.1, 0.15) is 41.3 Å². The molecule has 0 saturated carbocycles. The first-order chi connectivity index (χ1) is 9.90. The average Bonchev–Trinajstić information content (AvgIpc) is 2.40. The first-order valence-corrected chi connectivity index (χ1v) is 7.24. The minimum Gasteiger partial charge on any atom is -0.398 e. The van der Waals surface area contributed by atoms with Crippen molar-refractivity contribution in [3.63, 3.8) is 0 Å². The SMILES string of the molecule is Cc1cccc(C(C)C)c1NC(=O)c1ccc(Cl)cc1N. The smallest absolute Gasteiger partial charge is 0.257 e. The second kappa shape index (κ2) is 6.19. The van der Waals surface area contributed by atoms with E-state index in [1.54, 1.807) is 18.2 Å². The van der Waals surface area contributed by atoms with Gasteiger partial charge in [-0.05, 0) is 42.2 Å². The highest BCUT2D eigenvalue weighted by molar-refractivity contribution is 6.31. The van der Waals surface area contributed by atoms with Gasteiger partial charge in [0.1, 0.15) is 0 Å². The monoisotopic (exact) mass is 302 g/mol. The third-order valence-electron chi connectivity index (χ3n) is 3.42. The Kier molecular flexibility index (Phi) is 4.53. The van der Waals surface area contributed by atoms with E-state index in [9.17, 15) is 4.79 Å². The topological polar surface area (TPSA) is 55.1 Å². The Morgan fingerprint density at radius 1 is 1.24 bits per heavy atom. The summed E-state index contributed by atoms with van der Waals surface area (Å²) < 4.78 is 0. The number of nitrogens with one attached hydrogen (secondary N) is 1. The van der Waals surface area contributed by atoms with Gasteiger partial charge in [-0.1, -0.05) is 43.6 Å². The molecular formula is C17H19ClN2O. The van der Waals surface area contributed by atoms with Gasteiger partial charge in [0.2, 0.25) is 0 Å². The highest BCUT2D eigenvalue weighted by atomic mass is 35.5. The Balaban J connectivity index is 2.36. The number of amides is 1. The molecule has 2 rings (SSSR count). The maximum atomic E-state index is 12.4. The largest absolute Gasteiger partial charge is 0.398 e. The molecule has 0 aliphatic heterocycles. The van der Waals surface area contributed by atoms with Crippen LogP contribution in [0.4, 0.5) is 11.4 Å². The summed E-state index contributed by atoms with van der Waals surface area (Å²) in [6.07, 6.45) is 0. The maximum absolute atomic E-state index is 12.4. The van der Waals surface area contributed by atoms with Gasteiger partial charge in [0, 0.05) is 16.4 Å². The van der Waals surface area contributed by atoms with Crippen LogP contribution in [0, 0.1) is 6.92 Å². The zero-order chi connectivity index (χ0) is 15.6. The highest BCUT2D eigenvalue weighted by Gasteiger charge is 2.15. The number of rotatable bonds is 3. The molecule has 2 aromatic carbocycles. The number of carbonyl (C=O) groups excluding carboxylic acids is 1. The van der Waals surface area contributed by atoms with Crippen molar-refractivity contribution in [2.24, 2.45) is 0 Å². The van der Waals surface area contributed by atoms with E-state index >= 15 is 0 Å². The molecule has 0 bridgehead atoms. The van der Waals surface area contributed by atoms with Gasteiger partial charge >= 0.3 is 0 Å². The fourth-order valence-electron chi connectivity index (χ4n) is 2.26. The molecule has 110 valence electrons. The Bertz CT molecular complexity index is 680. The fraction of sp³-hybridized carbons (Fsp3) is 0.235. The summed E-state index contributed by atoms with van der Waals surface area (Å²) in [5, 5.41) is 3.49. The van der Waals surface area contributed by atoms with Gasteiger partial charge < -0.3 is 11.1 Å². The van der Waals surface area contributed by atoms with Gasteiger partial charge in [0.25, 0.3) is 5.91 Å². The molecule has 3 N–H and O–H groups in total. The lowest BCUT2D eigenvalue weighted by atomic mass is 9.98. The molecular weight excluding hydrogens is 284 g/mol. The number of halogens is 1. The molecule has 0 heterocycles. The summed E-state index contributed by atoms with van der Waals surface area (Å²) >= 11 is 5.86. The predicted octanol–water partition coefficient (Wildman–Crippen LogP) is 4.61. The van der Waals surface area contributed by atoms with Crippen LogP contribution in [0.3, 0.4) is 0 Å². The van der Waals surface area contributed by atoms with E-state index in [0.29, 0.717) is 22.2 Å². The van der Waals surface area contributed by atoms with Crippen molar-refractivity contribution in [2.45, 2.75) is 26.7 Å². The van der Waals surface area contributed by atoms with Crippen molar-refractivity contribution in [1.29, 1.82) is 0 Å². The van der Waals surface area contributed by atoms with Crippen LogP contribution in [0.15, 0.2) is 36.4 Å². The molecule has 4 heteroatoms. The van der Waals surface area contributed by atoms with E-state index in [1.807, 2.05) is 25.1 Å². The van der Waals surface area contributed by atoms with Crippen molar-refractivity contribution in [3.05, 3.63) is 58.1 Å². The lowest BCUT2D eigenvalue weighted by Crippen LogP contribution is -2.16. The van der Waals surface area contributed by atoms with Crippen LogP contribution in [-0.4, -0.2) is 5.91 Å². The summed E-state index contributed by atoms with van der Waals surface area (Å²) in [6.45, 7) is 6.18. The normalized spacial score (nSPS) is 10.7. The number of anilines is 2. The number of carbonyl (C=O) groups is 1. The van der Waals surface area contributed by atoms with Crippen LogP contribution in [-0.2, 0) is 0 Å². The van der Waals surface area contributed by atoms with Crippen LogP contribution >= 0.6 is 11.6 Å². The van der Waals surface area contributed by atoms with E-state index in [4.69, 9.17) is 17.3 Å². The maximum Gasteiger partial charge on any atom is 0.257 e. The lowest BCUT2D eigenvalue weighted by Gasteiger charge is -2.17. The highest BCUT2D eigenvalue weighted by Crippen LogP contribution is 2.28. The summed E-state index contributed by atoms with van der Waals surface area (Å²) in [4.78, 5) is 12.4. The van der Waals surface area contributed by atoms with Crippen molar-refractivity contribution < 1.29 is 4.79 Å². The quantitative estimate of drug-likeness (QED) is 0.814. The third-order valence-corrected chi connectivity index (χ3v) is 3.66. The number of nitrogen functional groups attached to an aromatic ring is 1. The number of benzene rings is 2. The second-order valence-corrected chi connectivity index (χ2v) is 5.82. The average molecular weight is 303 g/mol. The molecule has 0 atom stereocenters. The number of nitrogens with two attached hydrogens (primary N) is 1. The Labute approximate surface area is 130 Å². The van der Waals surface area contributed by atoms with Crippen molar-refractivity contribution >= 4 is 28.9 Å². The minimum atomic E-state index is -0.222. The van der Waals surface area contributed by atoms with Crippen LogP contribution in [0.5, 0.6) is 0 Å². The first-order valence-electron chi connectivity index (χ1n) is 6.86. The van der Waals surface area contributed by atoms with Gasteiger partial charge in [-0.3, -0.25) is 4.79 Å². The van der Waals surface area contributed by atoms with Crippen molar-refractivity contribution in [1.82, 2.24) is 0 Å². The van der Waals surface area contributed by atoms with Crippen LogP contribution < -0.4 is 11.1 Å². The van der Waals surface area contributed by atoms with Crippen LogP contribution in [0.25, 0.3) is 0 Å². The molecule has 0 aromatic heterocycles. The predicted molar refractivity (Wildman–Crippen MR) is 89.1 cm³/mol. The molecule has 0 saturated heterocycles. The number of hydrogen-bond acceptors (Lipinski definition) is 2. The van der Waals surface area contributed by atoms with E-state index in [2.05, 4.69) is 19.2 Å². The molecule has 2 aromatic rings. The third kappa shape index (κ3) is 3.37. The molecule has 21 heavy (non-hydrogen) atoms. The van der Waals surface area contributed by atoms with E-state index in [-0.39, 0.29) is 5.91 Å². The van der Waals surface area contributed by atoms with E-state index in [1.165, 1.54) is 0 Å². The number of hydrogen-bond donors (Lipinski definition) is 2. The summed E-state index contributed by atoms with van der Waals surface area (Å²) in [5.74, 6) is 0.100. The minimum absolute atomic E-state index is 0.222. The first kappa shape index (κ1) is 15.4. The molecule has 0 radical (unpaired) electrons. The van der Waals surface area contributed by atoms with Crippen LogP contribution in [0.2, 0.25) is 5.02 Å². The van der Waals surface area contributed by atoms with Crippen molar-refractivity contribution in [3.8, 4) is 0 Å². The summed E-state index contributed by atoms with van der Waals surface area (Å²) in [7, 11) is 0. The summed E-state index contributed by atoms with van der Waals surface area (Å²) in [5.41, 5.74) is 9.66. The zero-order valence-corrected chi connectivity index (χ0v) is 13.2.